The van der Waals surface area contributed by atoms with Gasteiger partial charge in [-0.25, -0.2) is 4.39 Å². The number of rotatable bonds is 3. The zero-order valence-corrected chi connectivity index (χ0v) is 12.7. The molecular formula is C18H13FN2O3. The fraction of sp³-hybridized carbons (Fsp3) is 0.0556. The minimum absolute atomic E-state index is 0.0230. The van der Waals surface area contributed by atoms with Crippen LogP contribution < -0.4 is 0 Å². The van der Waals surface area contributed by atoms with Gasteiger partial charge in [-0.15, -0.1) is 10.2 Å². The lowest BCUT2D eigenvalue weighted by Gasteiger charge is -1.94. The molecule has 0 saturated heterocycles. The van der Waals surface area contributed by atoms with Crippen molar-refractivity contribution in [2.24, 2.45) is 10.2 Å². The lowest BCUT2D eigenvalue weighted by atomic mass is 10.1. The SMILES string of the molecule is Cc1ccc(C(=O)N=Nc2cc(-c3ccc(F)cc3)oc2O)cc1. The number of benzene rings is 2. The Bertz CT molecular complexity index is 897. The van der Waals surface area contributed by atoms with E-state index in [9.17, 15) is 14.3 Å². The molecule has 3 rings (SSSR count). The topological polar surface area (TPSA) is 75.2 Å². The third-order valence-corrected chi connectivity index (χ3v) is 3.37. The zero-order valence-electron chi connectivity index (χ0n) is 12.7. The second kappa shape index (κ2) is 6.45. The first-order valence-corrected chi connectivity index (χ1v) is 7.14. The van der Waals surface area contributed by atoms with E-state index in [1.807, 2.05) is 6.92 Å². The van der Waals surface area contributed by atoms with Crippen molar-refractivity contribution in [2.75, 3.05) is 0 Å². The van der Waals surface area contributed by atoms with E-state index >= 15 is 0 Å². The van der Waals surface area contributed by atoms with Crippen LogP contribution in [0, 0.1) is 12.7 Å². The van der Waals surface area contributed by atoms with Crippen molar-refractivity contribution < 1.29 is 18.7 Å². The van der Waals surface area contributed by atoms with Crippen molar-refractivity contribution in [3.05, 3.63) is 71.5 Å². The Morgan fingerprint density at radius 2 is 1.75 bits per heavy atom. The van der Waals surface area contributed by atoms with Crippen molar-refractivity contribution in [1.29, 1.82) is 0 Å². The highest BCUT2D eigenvalue weighted by Gasteiger charge is 2.12. The van der Waals surface area contributed by atoms with Crippen LogP contribution >= 0.6 is 0 Å². The van der Waals surface area contributed by atoms with Crippen molar-refractivity contribution in [2.45, 2.75) is 6.92 Å². The first-order chi connectivity index (χ1) is 11.5. The summed E-state index contributed by atoms with van der Waals surface area (Å²) in [7, 11) is 0. The number of azo groups is 1. The molecule has 5 nitrogen and oxygen atoms in total. The molecule has 1 N–H and O–H groups in total. The third-order valence-electron chi connectivity index (χ3n) is 3.37. The Labute approximate surface area is 137 Å². The van der Waals surface area contributed by atoms with E-state index in [4.69, 9.17) is 4.42 Å². The molecule has 0 bridgehead atoms. The predicted molar refractivity (Wildman–Crippen MR) is 85.8 cm³/mol. The normalized spacial score (nSPS) is 11.1. The molecule has 0 atom stereocenters. The highest BCUT2D eigenvalue weighted by atomic mass is 19.1. The number of aryl methyl sites for hydroxylation is 1. The van der Waals surface area contributed by atoms with Gasteiger partial charge in [-0.3, -0.25) is 4.79 Å². The molecule has 0 spiro atoms. The van der Waals surface area contributed by atoms with Crippen molar-refractivity contribution >= 4 is 11.6 Å². The number of amides is 1. The number of halogens is 1. The van der Waals surface area contributed by atoms with Crippen LogP contribution in [-0.4, -0.2) is 11.0 Å². The number of furan rings is 1. The molecule has 0 saturated carbocycles. The summed E-state index contributed by atoms with van der Waals surface area (Å²) < 4.78 is 18.1. The summed E-state index contributed by atoms with van der Waals surface area (Å²) in [4.78, 5) is 11.9. The molecule has 120 valence electrons. The first kappa shape index (κ1) is 15.6. The Morgan fingerprint density at radius 1 is 1.08 bits per heavy atom. The molecule has 0 aliphatic heterocycles. The summed E-state index contributed by atoms with van der Waals surface area (Å²) in [6, 6.07) is 13.9. The molecule has 0 radical (unpaired) electrons. The number of nitrogens with zero attached hydrogens (tertiary/aromatic N) is 2. The van der Waals surface area contributed by atoms with Gasteiger partial charge in [0.05, 0.1) is 0 Å². The largest absolute Gasteiger partial charge is 0.479 e. The van der Waals surface area contributed by atoms with Gasteiger partial charge in [0.2, 0.25) is 0 Å². The van der Waals surface area contributed by atoms with E-state index in [1.54, 1.807) is 24.3 Å². The molecule has 1 heterocycles. The summed E-state index contributed by atoms with van der Waals surface area (Å²) in [5.41, 5.74) is 2.01. The average molecular weight is 324 g/mol. The predicted octanol–water partition coefficient (Wildman–Crippen LogP) is 5.02. The van der Waals surface area contributed by atoms with Gasteiger partial charge < -0.3 is 9.52 Å². The third kappa shape index (κ3) is 3.38. The van der Waals surface area contributed by atoms with Gasteiger partial charge in [-0.2, -0.15) is 0 Å². The van der Waals surface area contributed by atoms with Crippen LogP contribution in [0.3, 0.4) is 0 Å². The molecular weight excluding hydrogens is 311 g/mol. The molecule has 24 heavy (non-hydrogen) atoms. The van der Waals surface area contributed by atoms with E-state index < -0.39 is 11.9 Å². The minimum Gasteiger partial charge on any atom is -0.479 e. The minimum atomic E-state index is -0.529. The summed E-state index contributed by atoms with van der Waals surface area (Å²) in [6.45, 7) is 1.91. The van der Waals surface area contributed by atoms with Crippen LogP contribution in [0.15, 0.2) is 69.2 Å². The van der Waals surface area contributed by atoms with Crippen LogP contribution in [0.2, 0.25) is 0 Å². The van der Waals surface area contributed by atoms with E-state index in [1.165, 1.54) is 30.3 Å². The van der Waals surface area contributed by atoms with Gasteiger partial charge in [0.25, 0.3) is 5.91 Å². The first-order valence-electron chi connectivity index (χ1n) is 7.14. The average Bonchev–Trinajstić information content (AvgIpc) is 2.95. The lowest BCUT2D eigenvalue weighted by Crippen LogP contribution is -1.92. The Hall–Kier alpha value is -3.28. The second-order valence-electron chi connectivity index (χ2n) is 5.18. The number of carbonyl (C=O) groups is 1. The van der Waals surface area contributed by atoms with Gasteiger partial charge in [0.15, 0.2) is 5.69 Å². The highest BCUT2D eigenvalue weighted by molar-refractivity contribution is 5.94. The van der Waals surface area contributed by atoms with Gasteiger partial charge in [-0.05, 0) is 43.3 Å². The number of carbonyl (C=O) groups excluding carboxylic acids is 1. The van der Waals surface area contributed by atoms with E-state index in [0.717, 1.165) is 5.56 Å². The lowest BCUT2D eigenvalue weighted by molar-refractivity contribution is 0.0995. The van der Waals surface area contributed by atoms with Gasteiger partial charge >= 0.3 is 5.95 Å². The Morgan fingerprint density at radius 3 is 2.42 bits per heavy atom. The molecule has 0 aliphatic rings. The number of aromatic hydroxyl groups is 1. The molecule has 6 heteroatoms. The summed E-state index contributed by atoms with van der Waals surface area (Å²) in [5, 5.41) is 17.1. The molecule has 1 amide bonds. The summed E-state index contributed by atoms with van der Waals surface area (Å²) in [5.74, 6) is -1.07. The maximum absolute atomic E-state index is 12.9. The molecule has 0 fully saturated rings. The van der Waals surface area contributed by atoms with E-state index in [0.29, 0.717) is 16.9 Å². The molecule has 1 aromatic heterocycles. The van der Waals surface area contributed by atoms with E-state index in [2.05, 4.69) is 10.2 Å². The number of hydrogen-bond donors (Lipinski definition) is 1. The molecule has 3 aromatic rings. The monoisotopic (exact) mass is 324 g/mol. The standard InChI is InChI=1S/C18H13FN2O3/c1-11-2-4-13(5-3-11)17(22)21-20-15-10-16(24-18(15)23)12-6-8-14(19)9-7-12/h2-10,23H,1H3. The van der Waals surface area contributed by atoms with Crippen LogP contribution in [0.5, 0.6) is 5.95 Å². The maximum Gasteiger partial charge on any atom is 0.311 e. The quantitative estimate of drug-likeness (QED) is 0.687. The zero-order chi connectivity index (χ0) is 17.1. The van der Waals surface area contributed by atoms with Gasteiger partial charge in [0, 0.05) is 17.2 Å². The van der Waals surface area contributed by atoms with Crippen LogP contribution in [0.25, 0.3) is 11.3 Å². The maximum atomic E-state index is 12.9. The van der Waals surface area contributed by atoms with E-state index in [-0.39, 0.29) is 11.5 Å². The summed E-state index contributed by atoms with van der Waals surface area (Å²) in [6.07, 6.45) is 0. The Balaban J connectivity index is 1.81. The Kier molecular flexibility index (Phi) is 4.20. The van der Waals surface area contributed by atoms with Crippen molar-refractivity contribution in [1.82, 2.24) is 0 Å². The van der Waals surface area contributed by atoms with Crippen molar-refractivity contribution in [3.63, 3.8) is 0 Å². The van der Waals surface area contributed by atoms with Gasteiger partial charge in [0.1, 0.15) is 11.6 Å². The number of hydrogen-bond acceptors (Lipinski definition) is 4. The highest BCUT2D eigenvalue weighted by Crippen LogP contribution is 2.36. The molecule has 0 unspecified atom stereocenters. The smallest absolute Gasteiger partial charge is 0.311 e. The van der Waals surface area contributed by atoms with Crippen LogP contribution in [0.1, 0.15) is 15.9 Å². The molecule has 0 aliphatic carbocycles. The second-order valence-corrected chi connectivity index (χ2v) is 5.18. The van der Waals surface area contributed by atoms with Crippen molar-refractivity contribution in [3.8, 4) is 17.3 Å². The molecule has 2 aromatic carbocycles. The fourth-order valence-corrected chi connectivity index (χ4v) is 2.05. The fourth-order valence-electron chi connectivity index (χ4n) is 2.05. The summed E-state index contributed by atoms with van der Waals surface area (Å²) >= 11 is 0. The van der Waals surface area contributed by atoms with Gasteiger partial charge in [-0.1, -0.05) is 17.7 Å². The van der Waals surface area contributed by atoms with Crippen LogP contribution in [0.4, 0.5) is 10.1 Å². The van der Waals surface area contributed by atoms with Crippen LogP contribution in [-0.2, 0) is 0 Å².